The highest BCUT2D eigenvalue weighted by atomic mass is 32.2. The average Bonchev–Trinajstić information content (AvgIpc) is 3.26. The van der Waals surface area contributed by atoms with Crippen LogP contribution in [-0.2, 0) is 37.4 Å². The lowest BCUT2D eigenvalue weighted by Gasteiger charge is -2.37. The van der Waals surface area contributed by atoms with Crippen LogP contribution in [0.1, 0.15) is 32.3 Å². The molecule has 1 aromatic carbocycles. The van der Waals surface area contributed by atoms with Crippen LogP contribution in [0.15, 0.2) is 30.5 Å². The van der Waals surface area contributed by atoms with E-state index >= 15 is 0 Å². The third kappa shape index (κ3) is 8.20. The Morgan fingerprint density at radius 1 is 0.952 bits per heavy atom. The van der Waals surface area contributed by atoms with Crippen molar-refractivity contribution in [3.05, 3.63) is 36.0 Å². The lowest BCUT2D eigenvalue weighted by Crippen LogP contribution is -2.58. The van der Waals surface area contributed by atoms with Crippen molar-refractivity contribution in [2.24, 2.45) is 13.0 Å². The Bertz CT molecular complexity index is 1270. The van der Waals surface area contributed by atoms with Crippen LogP contribution < -0.4 is 0 Å². The number of esters is 1. The maximum Gasteiger partial charge on any atom is 0.471 e. The number of hydrogen-bond acceptors (Lipinski definition) is 6. The molecule has 0 radical (unpaired) electrons. The molecule has 2 rings (SSSR count). The van der Waals surface area contributed by atoms with Crippen molar-refractivity contribution in [1.82, 2.24) is 19.3 Å². The molecule has 0 saturated heterocycles. The molecule has 234 valence electrons. The second-order valence-corrected chi connectivity index (χ2v) is 11.8. The topological polar surface area (TPSA) is 92.2 Å². The summed E-state index contributed by atoms with van der Waals surface area (Å²) in [5.41, 5.74) is 1.39. The molecule has 9 nitrogen and oxygen atoms in total. The highest BCUT2D eigenvalue weighted by Crippen LogP contribution is 2.27. The van der Waals surface area contributed by atoms with Gasteiger partial charge in [0.25, 0.3) is 0 Å². The number of ether oxygens (including phenoxy) is 1. The molecule has 0 spiro atoms. The first-order chi connectivity index (χ1) is 19.6. The molecule has 0 saturated carbocycles. The number of halogens is 3. The Balaban J connectivity index is 2.54. The minimum atomic E-state index is -5.21. The van der Waals surface area contributed by atoms with Gasteiger partial charge in [-0.2, -0.15) is 24.9 Å². The number of nitrogens with zero attached hydrogens (tertiary/aromatic N) is 4. The number of aryl methyl sites for hydroxylation is 1. The predicted molar refractivity (Wildman–Crippen MR) is 157 cm³/mol. The van der Waals surface area contributed by atoms with Gasteiger partial charge in [0.1, 0.15) is 18.1 Å². The summed E-state index contributed by atoms with van der Waals surface area (Å²) in [5, 5.41) is 0.734. The number of alkyl halides is 3. The molecule has 0 aliphatic rings. The first kappa shape index (κ1) is 35.0. The molecule has 13 heteroatoms. The maximum atomic E-state index is 14.0. The summed E-state index contributed by atoms with van der Waals surface area (Å²) in [5.74, 6) is -3.67. The Labute approximate surface area is 249 Å². The summed E-state index contributed by atoms with van der Waals surface area (Å²) in [7, 11) is 6.74. The van der Waals surface area contributed by atoms with E-state index < -0.39 is 48.0 Å². The van der Waals surface area contributed by atoms with Gasteiger partial charge in [-0.05, 0) is 42.4 Å². The van der Waals surface area contributed by atoms with Crippen LogP contribution in [-0.4, -0.2) is 108 Å². The molecule has 1 aromatic heterocycles. The molecule has 0 aliphatic carbocycles. The van der Waals surface area contributed by atoms with Crippen LogP contribution in [0.4, 0.5) is 13.2 Å². The Hall–Kier alpha value is -3.22. The molecule has 3 amide bonds. The van der Waals surface area contributed by atoms with Gasteiger partial charge in [-0.1, -0.05) is 32.0 Å². The minimum Gasteiger partial charge on any atom is -0.467 e. The lowest BCUT2D eigenvalue weighted by molar-refractivity contribution is -0.187. The molecule has 42 heavy (non-hydrogen) atoms. The van der Waals surface area contributed by atoms with Crippen molar-refractivity contribution in [1.29, 1.82) is 0 Å². The van der Waals surface area contributed by atoms with Crippen molar-refractivity contribution < 1.29 is 37.1 Å². The second kappa shape index (κ2) is 14.8. The number of methoxy groups -OCH3 is 1. The fraction of sp³-hybridized carbons (Fsp3) is 0.586. The van der Waals surface area contributed by atoms with Crippen molar-refractivity contribution in [2.75, 3.05) is 40.3 Å². The van der Waals surface area contributed by atoms with Gasteiger partial charge >= 0.3 is 18.1 Å². The van der Waals surface area contributed by atoms with E-state index in [0.29, 0.717) is 22.6 Å². The molecule has 3 unspecified atom stereocenters. The summed E-state index contributed by atoms with van der Waals surface area (Å²) in [6.07, 6.45) is -1.34. The van der Waals surface area contributed by atoms with Crippen LogP contribution in [0, 0.1) is 5.92 Å². The molecule has 2 aromatic rings. The summed E-state index contributed by atoms with van der Waals surface area (Å²) in [6.45, 7) is 3.69. The minimum absolute atomic E-state index is 0.0866. The van der Waals surface area contributed by atoms with Gasteiger partial charge in [0.15, 0.2) is 0 Å². The fourth-order valence-electron chi connectivity index (χ4n) is 5.01. The molecule has 0 N–H and O–H groups in total. The third-order valence-corrected chi connectivity index (χ3v) is 8.03. The van der Waals surface area contributed by atoms with E-state index in [9.17, 15) is 32.3 Å². The number of aromatic nitrogens is 1. The van der Waals surface area contributed by atoms with Gasteiger partial charge in [0.2, 0.25) is 11.8 Å². The molecular weight excluding hydrogens is 573 g/mol. The van der Waals surface area contributed by atoms with Crippen LogP contribution in [0.5, 0.6) is 0 Å². The normalized spacial score (nSPS) is 13.9. The van der Waals surface area contributed by atoms with E-state index in [-0.39, 0.29) is 18.8 Å². The van der Waals surface area contributed by atoms with E-state index in [1.807, 2.05) is 32.2 Å². The highest BCUT2D eigenvalue weighted by molar-refractivity contribution is 7.98. The van der Waals surface area contributed by atoms with E-state index in [0.717, 1.165) is 22.9 Å². The van der Waals surface area contributed by atoms with E-state index in [2.05, 4.69) is 0 Å². The smallest absolute Gasteiger partial charge is 0.467 e. The van der Waals surface area contributed by atoms with Crippen LogP contribution in [0.2, 0.25) is 0 Å². The summed E-state index contributed by atoms with van der Waals surface area (Å²) < 4.78 is 47.4. The highest BCUT2D eigenvalue weighted by Gasteiger charge is 2.46. The summed E-state index contributed by atoms with van der Waals surface area (Å²) in [6, 6.07) is 3.66. The molecule has 0 fully saturated rings. The van der Waals surface area contributed by atoms with Crippen molar-refractivity contribution >= 4 is 46.4 Å². The molecule has 1 heterocycles. The van der Waals surface area contributed by atoms with Crippen molar-refractivity contribution in [3.8, 4) is 0 Å². The largest absolute Gasteiger partial charge is 0.471 e. The van der Waals surface area contributed by atoms with Gasteiger partial charge in [0, 0.05) is 51.7 Å². The van der Waals surface area contributed by atoms with Gasteiger partial charge in [-0.25, -0.2) is 4.79 Å². The number of para-hydroxylation sites is 1. The lowest BCUT2D eigenvalue weighted by atomic mass is 9.98. The van der Waals surface area contributed by atoms with Gasteiger partial charge in [0.05, 0.1) is 7.11 Å². The molecular formula is C29H41F3N4O5S. The summed E-state index contributed by atoms with van der Waals surface area (Å²) >= 11 is 1.49. The van der Waals surface area contributed by atoms with E-state index in [4.69, 9.17) is 4.74 Å². The van der Waals surface area contributed by atoms with Crippen LogP contribution in [0.3, 0.4) is 0 Å². The standard InChI is InChI=1S/C29H41F3N4O5S/c1-18(2)15-23(25(37)34(4)22(13-14-42-8)27(39)41-7)35(5)26(38)24(36(6)28(40)29(30,31)32)16-19-17-33(3)21-12-10-9-11-20(19)21/h9-12,17-18,22-24H,13-16H2,1-8H3. The zero-order valence-corrected chi connectivity index (χ0v) is 26.2. The van der Waals surface area contributed by atoms with Gasteiger partial charge in [-0.3, -0.25) is 14.4 Å². The Morgan fingerprint density at radius 3 is 2.07 bits per heavy atom. The van der Waals surface area contributed by atoms with E-state index in [1.54, 1.807) is 29.9 Å². The Morgan fingerprint density at radius 2 is 1.52 bits per heavy atom. The number of amides is 3. The van der Waals surface area contributed by atoms with Gasteiger partial charge < -0.3 is 24.0 Å². The fourth-order valence-corrected chi connectivity index (χ4v) is 5.47. The predicted octanol–water partition coefficient (Wildman–Crippen LogP) is 3.74. The number of benzene rings is 1. The maximum absolute atomic E-state index is 14.0. The zero-order valence-electron chi connectivity index (χ0n) is 25.4. The summed E-state index contributed by atoms with van der Waals surface area (Å²) in [4.78, 5) is 55.5. The number of rotatable bonds is 13. The number of carbonyl (C=O) groups excluding carboxylic acids is 4. The van der Waals surface area contributed by atoms with E-state index in [1.165, 1.54) is 37.9 Å². The number of likely N-dealkylation sites (N-methyl/N-ethyl adjacent to an activating group) is 3. The number of carbonyl (C=O) groups is 4. The first-order valence-electron chi connectivity index (χ1n) is 13.5. The van der Waals surface area contributed by atoms with Crippen LogP contribution >= 0.6 is 11.8 Å². The molecule has 0 bridgehead atoms. The van der Waals surface area contributed by atoms with Crippen molar-refractivity contribution in [3.63, 3.8) is 0 Å². The van der Waals surface area contributed by atoms with Crippen molar-refractivity contribution in [2.45, 2.75) is 57.4 Å². The Kier molecular flexibility index (Phi) is 12.3. The number of hydrogen-bond donors (Lipinski definition) is 0. The second-order valence-electron chi connectivity index (χ2n) is 10.8. The first-order valence-corrected chi connectivity index (χ1v) is 14.9. The quantitative estimate of drug-likeness (QED) is 0.320. The average molecular weight is 615 g/mol. The molecule has 0 aliphatic heterocycles. The monoisotopic (exact) mass is 614 g/mol. The molecule has 3 atom stereocenters. The number of thioether (sulfide) groups is 1. The third-order valence-electron chi connectivity index (χ3n) is 7.39. The van der Waals surface area contributed by atoms with Crippen LogP contribution in [0.25, 0.3) is 10.9 Å². The zero-order chi connectivity index (χ0) is 31.9. The number of fused-ring (bicyclic) bond motifs is 1. The van der Waals surface area contributed by atoms with Gasteiger partial charge in [-0.15, -0.1) is 0 Å². The SMILES string of the molecule is COC(=O)C(CCSC)N(C)C(=O)C(CC(C)C)N(C)C(=O)C(Cc1cn(C)c2ccccc12)N(C)C(=O)C(F)(F)F.